The van der Waals surface area contributed by atoms with E-state index in [0.29, 0.717) is 12.0 Å². The maximum absolute atomic E-state index is 13.3. The Morgan fingerprint density at radius 3 is 2.72 bits per heavy atom. The van der Waals surface area contributed by atoms with Crippen LogP contribution in [0.15, 0.2) is 37.2 Å². The van der Waals surface area contributed by atoms with Gasteiger partial charge in [-0.2, -0.15) is 18.6 Å². The Morgan fingerprint density at radius 1 is 1.48 bits per heavy atom. The first kappa shape index (κ1) is 21.9. The Morgan fingerprint density at radius 2 is 2.17 bits per heavy atom. The lowest BCUT2D eigenvalue weighted by Gasteiger charge is -2.23. The highest BCUT2D eigenvalue weighted by atomic mass is 19.3. The van der Waals surface area contributed by atoms with Crippen molar-refractivity contribution in [1.29, 1.82) is 0 Å². The van der Waals surface area contributed by atoms with Crippen molar-refractivity contribution in [1.82, 2.24) is 20.1 Å². The summed E-state index contributed by atoms with van der Waals surface area (Å²) in [6.07, 6.45) is 3.25. The highest BCUT2D eigenvalue weighted by molar-refractivity contribution is 5.69. The number of alkyl halides is 2. The van der Waals surface area contributed by atoms with Crippen molar-refractivity contribution in [2.24, 2.45) is 0 Å². The second-order valence-corrected chi connectivity index (χ2v) is 7.06. The van der Waals surface area contributed by atoms with E-state index in [0.717, 1.165) is 6.20 Å². The lowest BCUT2D eigenvalue weighted by atomic mass is 10.0. The van der Waals surface area contributed by atoms with Crippen LogP contribution in [-0.2, 0) is 4.74 Å². The zero-order valence-corrected chi connectivity index (χ0v) is 16.1. The number of hydrogen-bond donors (Lipinski definition) is 1. The van der Waals surface area contributed by atoms with Gasteiger partial charge in [0.15, 0.2) is 5.69 Å². The number of carbonyl (C=O) groups is 1. The molecule has 0 aliphatic rings. The lowest BCUT2D eigenvalue weighted by molar-refractivity contribution is -0.384. The maximum atomic E-state index is 13.3. The predicted molar refractivity (Wildman–Crippen MR) is 100 cm³/mol. The Balaban J connectivity index is 2.44. The zero-order valence-electron chi connectivity index (χ0n) is 16.1. The third-order valence-corrected chi connectivity index (χ3v) is 3.68. The minimum absolute atomic E-state index is 0.0768. The fraction of sp³-hybridized carbons (Fsp3) is 0.389. The summed E-state index contributed by atoms with van der Waals surface area (Å²) in [5.74, 6) is 0. The molecule has 0 spiro atoms. The minimum atomic E-state index is -3.09. The molecule has 0 aliphatic heterocycles. The average Bonchev–Trinajstić information content (AvgIpc) is 3.05. The van der Waals surface area contributed by atoms with Crippen molar-refractivity contribution in [3.63, 3.8) is 0 Å². The highest BCUT2D eigenvalue weighted by Gasteiger charge is 2.28. The summed E-state index contributed by atoms with van der Waals surface area (Å²) in [6.45, 7) is 5.69. The van der Waals surface area contributed by atoms with E-state index >= 15 is 0 Å². The summed E-state index contributed by atoms with van der Waals surface area (Å²) in [5, 5.41) is 17.3. The van der Waals surface area contributed by atoms with Crippen LogP contribution in [0.1, 0.15) is 45.3 Å². The Kier molecular flexibility index (Phi) is 6.62. The normalized spacial score (nSPS) is 12.5. The van der Waals surface area contributed by atoms with Gasteiger partial charge in [0, 0.05) is 6.20 Å². The number of pyridine rings is 1. The monoisotopic (exact) mass is 409 g/mol. The number of rotatable bonds is 7. The number of aromatic nitrogens is 3. The number of nitro groups is 1. The second-order valence-electron chi connectivity index (χ2n) is 7.06. The van der Waals surface area contributed by atoms with Crippen molar-refractivity contribution >= 4 is 11.8 Å². The van der Waals surface area contributed by atoms with Gasteiger partial charge < -0.3 is 10.1 Å². The number of ether oxygens (including phenoxy) is 1. The van der Waals surface area contributed by atoms with Crippen LogP contribution in [0.25, 0.3) is 11.4 Å². The standard InChI is InChI=1S/C18H21F2N5O4/c1-5-6-12(23-17(26)29-18(2,3)4)11-7-8-21-13(9-11)15-14(25(27)28)10-22-24(15)16(19)20/h5,7-10,12,16H,1,6H2,2-4H3,(H,23,26). The molecule has 0 aromatic carbocycles. The number of halogens is 2. The first-order valence-electron chi connectivity index (χ1n) is 8.60. The summed E-state index contributed by atoms with van der Waals surface area (Å²) < 4.78 is 32.0. The van der Waals surface area contributed by atoms with Crippen LogP contribution < -0.4 is 5.32 Å². The minimum Gasteiger partial charge on any atom is -0.444 e. The van der Waals surface area contributed by atoms with Crippen LogP contribution in [-0.4, -0.2) is 31.4 Å². The van der Waals surface area contributed by atoms with Crippen LogP contribution in [0.4, 0.5) is 19.3 Å². The number of hydrogen-bond acceptors (Lipinski definition) is 6. The van der Waals surface area contributed by atoms with E-state index < -0.39 is 40.6 Å². The first-order chi connectivity index (χ1) is 13.5. The van der Waals surface area contributed by atoms with Crippen molar-refractivity contribution < 1.29 is 23.2 Å². The van der Waals surface area contributed by atoms with Gasteiger partial charge in [0.1, 0.15) is 11.8 Å². The van der Waals surface area contributed by atoms with Crippen molar-refractivity contribution in [2.45, 2.75) is 45.4 Å². The molecule has 11 heteroatoms. The van der Waals surface area contributed by atoms with E-state index in [2.05, 4.69) is 22.0 Å². The van der Waals surface area contributed by atoms with Crippen molar-refractivity contribution in [3.8, 4) is 11.4 Å². The van der Waals surface area contributed by atoms with E-state index in [1.807, 2.05) is 0 Å². The van der Waals surface area contributed by atoms with Gasteiger partial charge in [-0.1, -0.05) is 6.08 Å². The molecule has 0 radical (unpaired) electrons. The van der Waals surface area contributed by atoms with Gasteiger partial charge in [0.25, 0.3) is 0 Å². The van der Waals surface area contributed by atoms with Gasteiger partial charge in [-0.25, -0.2) is 4.79 Å². The van der Waals surface area contributed by atoms with Gasteiger partial charge in [-0.15, -0.1) is 6.58 Å². The fourth-order valence-electron chi connectivity index (χ4n) is 2.57. The molecule has 1 unspecified atom stereocenters. The van der Waals surface area contributed by atoms with Gasteiger partial charge >= 0.3 is 18.3 Å². The number of nitrogens with zero attached hydrogens (tertiary/aromatic N) is 4. The molecule has 29 heavy (non-hydrogen) atoms. The summed E-state index contributed by atoms with van der Waals surface area (Å²) in [4.78, 5) is 26.5. The van der Waals surface area contributed by atoms with Gasteiger partial charge in [0.2, 0.25) is 0 Å². The summed E-state index contributed by atoms with van der Waals surface area (Å²) in [6, 6.07) is 2.34. The smallest absolute Gasteiger partial charge is 0.408 e. The molecule has 0 saturated heterocycles. The summed E-state index contributed by atoms with van der Waals surface area (Å²) >= 11 is 0. The number of amides is 1. The van der Waals surface area contributed by atoms with Crippen LogP contribution in [0.3, 0.4) is 0 Å². The fourth-order valence-corrected chi connectivity index (χ4v) is 2.57. The van der Waals surface area contributed by atoms with Crippen LogP contribution in [0.5, 0.6) is 0 Å². The van der Waals surface area contributed by atoms with Crippen LogP contribution in [0, 0.1) is 10.1 Å². The molecule has 0 bridgehead atoms. The third-order valence-electron chi connectivity index (χ3n) is 3.68. The molecule has 0 aliphatic carbocycles. The highest BCUT2D eigenvalue weighted by Crippen LogP contribution is 2.33. The average molecular weight is 409 g/mol. The molecule has 2 rings (SSSR count). The largest absolute Gasteiger partial charge is 0.444 e. The molecule has 1 amide bonds. The molecule has 2 aromatic rings. The quantitative estimate of drug-likeness (QED) is 0.412. The molecule has 2 aromatic heterocycles. The Hall–Kier alpha value is -3.37. The van der Waals surface area contributed by atoms with Crippen molar-refractivity contribution in [3.05, 3.63) is 52.9 Å². The van der Waals surface area contributed by atoms with Crippen LogP contribution in [0.2, 0.25) is 0 Å². The lowest BCUT2D eigenvalue weighted by Crippen LogP contribution is -2.34. The molecule has 0 saturated carbocycles. The molecule has 1 atom stereocenters. The van der Waals surface area contributed by atoms with E-state index in [9.17, 15) is 23.7 Å². The topological polar surface area (TPSA) is 112 Å². The SMILES string of the molecule is C=CCC(NC(=O)OC(C)(C)C)c1ccnc(-c2c([N+](=O)[O-])cnn2C(F)F)c1. The molecule has 156 valence electrons. The van der Waals surface area contributed by atoms with Gasteiger partial charge in [0.05, 0.1) is 16.7 Å². The molecule has 0 fully saturated rings. The Bertz CT molecular complexity index is 908. The molecular formula is C18H21F2N5O4. The molecule has 2 heterocycles. The maximum Gasteiger partial charge on any atom is 0.408 e. The number of carbonyl (C=O) groups excluding carboxylic acids is 1. The third kappa shape index (κ3) is 5.56. The predicted octanol–water partition coefficient (Wildman–Crippen LogP) is 4.39. The molecular weight excluding hydrogens is 388 g/mol. The second kappa shape index (κ2) is 8.76. The number of alkyl carbamates (subject to hydrolysis) is 1. The van der Waals surface area contributed by atoms with Gasteiger partial charge in [-0.05, 0) is 44.9 Å². The molecule has 1 N–H and O–H groups in total. The first-order valence-corrected chi connectivity index (χ1v) is 8.60. The molecule has 9 nitrogen and oxygen atoms in total. The van der Waals surface area contributed by atoms with E-state index in [1.165, 1.54) is 12.3 Å². The van der Waals surface area contributed by atoms with Gasteiger partial charge in [-0.3, -0.25) is 15.1 Å². The summed E-state index contributed by atoms with van der Waals surface area (Å²) in [7, 11) is 0. The van der Waals surface area contributed by atoms with E-state index in [1.54, 1.807) is 32.9 Å². The van der Waals surface area contributed by atoms with E-state index in [4.69, 9.17) is 4.74 Å². The van der Waals surface area contributed by atoms with Crippen LogP contribution >= 0.6 is 0 Å². The number of nitrogens with one attached hydrogen (secondary N) is 1. The van der Waals surface area contributed by atoms with Crippen molar-refractivity contribution in [2.75, 3.05) is 0 Å². The zero-order chi connectivity index (χ0) is 21.8. The van der Waals surface area contributed by atoms with E-state index in [-0.39, 0.29) is 10.4 Å². The Labute approximate surface area is 165 Å². The summed E-state index contributed by atoms with van der Waals surface area (Å²) in [5.41, 5.74) is -1.34.